The quantitative estimate of drug-likeness (QED) is 0.722. The molecule has 1 aromatic rings. The van der Waals surface area contributed by atoms with E-state index >= 15 is 0 Å². The summed E-state index contributed by atoms with van der Waals surface area (Å²) in [6.07, 6.45) is -10.1. The molecule has 1 aromatic carbocycles. The molecule has 9 heteroatoms. The molecular weight excluding hydrogens is 333 g/mol. The maximum Gasteiger partial charge on any atom is 0.459 e. The molecule has 0 fully saturated rings. The molecule has 23 heavy (non-hydrogen) atoms. The SMILES string of the molecule is CCCOc1cccc(C(O)CC(F)(F)C(F)(F)C(F)(F)F)c1. The Morgan fingerprint density at radius 1 is 1.09 bits per heavy atom. The van der Waals surface area contributed by atoms with Crippen LogP contribution in [-0.4, -0.2) is 29.7 Å². The molecule has 1 N–H and O–H groups in total. The van der Waals surface area contributed by atoms with Gasteiger partial charge >= 0.3 is 18.0 Å². The standard InChI is InChI=1S/C14H15F7O2/c1-2-6-23-10-5-3-4-9(7-10)11(22)8-12(15,16)13(17,18)14(19,20)21/h3-5,7,11,22H,2,6,8H2,1H3. The molecule has 0 spiro atoms. The molecule has 0 heterocycles. The highest BCUT2D eigenvalue weighted by Gasteiger charge is 2.72. The number of hydrogen-bond acceptors (Lipinski definition) is 2. The lowest BCUT2D eigenvalue weighted by Gasteiger charge is -2.29. The van der Waals surface area contributed by atoms with Gasteiger partial charge in [-0.3, -0.25) is 0 Å². The highest BCUT2D eigenvalue weighted by molar-refractivity contribution is 5.30. The topological polar surface area (TPSA) is 29.5 Å². The van der Waals surface area contributed by atoms with Crippen LogP contribution in [-0.2, 0) is 0 Å². The summed E-state index contributed by atoms with van der Waals surface area (Å²) in [6, 6.07) is 4.99. The van der Waals surface area contributed by atoms with Crippen molar-refractivity contribution in [3.05, 3.63) is 29.8 Å². The van der Waals surface area contributed by atoms with E-state index in [9.17, 15) is 35.8 Å². The molecule has 1 rings (SSSR count). The van der Waals surface area contributed by atoms with Gasteiger partial charge in [0.15, 0.2) is 0 Å². The van der Waals surface area contributed by atoms with E-state index in [-0.39, 0.29) is 11.3 Å². The van der Waals surface area contributed by atoms with Crippen molar-refractivity contribution < 1.29 is 40.6 Å². The van der Waals surface area contributed by atoms with Crippen molar-refractivity contribution in [2.45, 2.75) is 43.9 Å². The first-order valence-electron chi connectivity index (χ1n) is 6.65. The zero-order chi connectivity index (χ0) is 17.9. The van der Waals surface area contributed by atoms with Crippen molar-refractivity contribution in [1.82, 2.24) is 0 Å². The summed E-state index contributed by atoms with van der Waals surface area (Å²) in [4.78, 5) is 0. The molecule has 0 saturated carbocycles. The van der Waals surface area contributed by atoms with Gasteiger partial charge in [-0.25, -0.2) is 0 Å². The van der Waals surface area contributed by atoms with Gasteiger partial charge in [-0.15, -0.1) is 0 Å². The molecule has 0 radical (unpaired) electrons. The first kappa shape index (κ1) is 19.5. The van der Waals surface area contributed by atoms with Crippen molar-refractivity contribution in [1.29, 1.82) is 0 Å². The van der Waals surface area contributed by atoms with E-state index in [1.165, 1.54) is 12.1 Å². The third-order valence-electron chi connectivity index (χ3n) is 2.98. The fraction of sp³-hybridized carbons (Fsp3) is 0.571. The highest BCUT2D eigenvalue weighted by Crippen LogP contribution is 2.49. The van der Waals surface area contributed by atoms with Crippen LogP contribution in [0.1, 0.15) is 31.4 Å². The van der Waals surface area contributed by atoms with Crippen LogP contribution in [0.3, 0.4) is 0 Å². The Kier molecular flexibility index (Phi) is 5.89. The fourth-order valence-corrected chi connectivity index (χ4v) is 1.73. The van der Waals surface area contributed by atoms with Gasteiger partial charge in [0.05, 0.1) is 12.7 Å². The monoisotopic (exact) mass is 348 g/mol. The predicted octanol–water partition coefficient (Wildman–Crippen LogP) is 4.73. The number of aliphatic hydroxyl groups is 1. The molecule has 0 aliphatic rings. The van der Waals surface area contributed by atoms with Gasteiger partial charge < -0.3 is 9.84 Å². The van der Waals surface area contributed by atoms with Crippen molar-refractivity contribution in [3.63, 3.8) is 0 Å². The molecule has 0 amide bonds. The van der Waals surface area contributed by atoms with E-state index in [1.54, 1.807) is 6.92 Å². The minimum Gasteiger partial charge on any atom is -0.494 e. The Balaban J connectivity index is 2.92. The lowest BCUT2D eigenvalue weighted by atomic mass is 9.98. The summed E-state index contributed by atoms with van der Waals surface area (Å²) in [6.45, 7) is 2.10. The van der Waals surface area contributed by atoms with E-state index < -0.39 is 30.5 Å². The van der Waals surface area contributed by atoms with Crippen molar-refractivity contribution in [2.75, 3.05) is 6.61 Å². The zero-order valence-corrected chi connectivity index (χ0v) is 12.0. The Morgan fingerprint density at radius 3 is 2.22 bits per heavy atom. The van der Waals surface area contributed by atoms with Gasteiger partial charge in [0.1, 0.15) is 5.75 Å². The zero-order valence-electron chi connectivity index (χ0n) is 12.0. The second-order valence-corrected chi connectivity index (χ2v) is 4.92. The fourth-order valence-electron chi connectivity index (χ4n) is 1.73. The van der Waals surface area contributed by atoms with Crippen LogP contribution in [0.4, 0.5) is 30.7 Å². The summed E-state index contributed by atoms with van der Waals surface area (Å²) >= 11 is 0. The molecule has 0 aromatic heterocycles. The molecule has 2 nitrogen and oxygen atoms in total. The molecule has 0 aliphatic carbocycles. The van der Waals surface area contributed by atoms with Crippen LogP contribution in [0.25, 0.3) is 0 Å². The number of halogens is 7. The molecule has 1 atom stereocenters. The van der Waals surface area contributed by atoms with Gasteiger partial charge in [-0.1, -0.05) is 19.1 Å². The van der Waals surface area contributed by atoms with Crippen LogP contribution in [0.15, 0.2) is 24.3 Å². The van der Waals surface area contributed by atoms with E-state index in [0.29, 0.717) is 13.0 Å². The number of alkyl halides is 7. The van der Waals surface area contributed by atoms with Crippen LogP contribution in [0.2, 0.25) is 0 Å². The van der Waals surface area contributed by atoms with E-state index in [2.05, 4.69) is 0 Å². The number of aliphatic hydroxyl groups excluding tert-OH is 1. The molecule has 132 valence electrons. The summed E-state index contributed by atoms with van der Waals surface area (Å²) in [7, 11) is 0. The van der Waals surface area contributed by atoms with E-state index in [0.717, 1.165) is 12.1 Å². The van der Waals surface area contributed by atoms with Crippen LogP contribution in [0, 0.1) is 0 Å². The minimum atomic E-state index is -6.41. The Hall–Kier alpha value is -1.51. The van der Waals surface area contributed by atoms with E-state index in [1.807, 2.05) is 0 Å². The van der Waals surface area contributed by atoms with E-state index in [4.69, 9.17) is 4.74 Å². The lowest BCUT2D eigenvalue weighted by molar-refractivity contribution is -0.358. The van der Waals surface area contributed by atoms with Gasteiger partial charge in [-0.05, 0) is 24.1 Å². The van der Waals surface area contributed by atoms with Crippen molar-refractivity contribution >= 4 is 0 Å². The Morgan fingerprint density at radius 2 is 1.70 bits per heavy atom. The highest BCUT2D eigenvalue weighted by atomic mass is 19.4. The van der Waals surface area contributed by atoms with Gasteiger partial charge in [0.25, 0.3) is 0 Å². The summed E-state index contributed by atoms with van der Waals surface area (Å²) in [5.74, 6) is -11.5. The number of ether oxygens (including phenoxy) is 1. The molecular formula is C14H15F7O2. The summed E-state index contributed by atoms with van der Waals surface area (Å²) in [5.41, 5.74) is -0.240. The van der Waals surface area contributed by atoms with Gasteiger partial charge in [0.2, 0.25) is 0 Å². The number of hydrogen-bond donors (Lipinski definition) is 1. The van der Waals surface area contributed by atoms with Crippen LogP contribution in [0.5, 0.6) is 5.75 Å². The average Bonchev–Trinajstić information content (AvgIpc) is 2.43. The first-order chi connectivity index (χ1) is 10.4. The van der Waals surface area contributed by atoms with Crippen LogP contribution < -0.4 is 4.74 Å². The Labute approximate surface area is 127 Å². The molecule has 0 saturated heterocycles. The maximum atomic E-state index is 13.3. The third-order valence-corrected chi connectivity index (χ3v) is 2.98. The molecule has 0 bridgehead atoms. The Bertz CT molecular complexity index is 514. The average molecular weight is 348 g/mol. The first-order valence-corrected chi connectivity index (χ1v) is 6.65. The summed E-state index contributed by atoms with van der Waals surface area (Å²) in [5, 5.41) is 9.60. The van der Waals surface area contributed by atoms with Crippen molar-refractivity contribution in [3.8, 4) is 5.75 Å². The van der Waals surface area contributed by atoms with Crippen molar-refractivity contribution in [2.24, 2.45) is 0 Å². The van der Waals surface area contributed by atoms with Gasteiger partial charge in [0, 0.05) is 6.42 Å². The second-order valence-electron chi connectivity index (χ2n) is 4.92. The second kappa shape index (κ2) is 6.94. The maximum absolute atomic E-state index is 13.3. The summed E-state index contributed by atoms with van der Waals surface area (Å²) < 4.78 is 93.5. The largest absolute Gasteiger partial charge is 0.494 e. The van der Waals surface area contributed by atoms with Gasteiger partial charge in [-0.2, -0.15) is 30.7 Å². The smallest absolute Gasteiger partial charge is 0.459 e. The van der Waals surface area contributed by atoms with Crippen LogP contribution >= 0.6 is 0 Å². The third kappa shape index (κ3) is 4.49. The normalized spacial score (nSPS) is 14.7. The number of benzene rings is 1. The molecule has 0 aliphatic heterocycles. The molecule has 1 unspecified atom stereocenters. The number of rotatable bonds is 7. The minimum absolute atomic E-state index is 0.189. The lowest BCUT2D eigenvalue weighted by Crippen LogP contribution is -2.52. The predicted molar refractivity (Wildman–Crippen MR) is 67.8 cm³/mol.